The molecule has 0 saturated heterocycles. The Labute approximate surface area is 289 Å². The standard InChI is InChI=1S/C44H29N5O/c1-3-12-31(13-4-1)41-42(46-40-18-10-9-17-39(40)45-41)32-21-25-37(26-22-32)49(36-15-5-2-6-16-36)38-27-23-33(24-28-38)43-47-48-44(50-43)35-20-19-30-11-7-8-14-34(30)29-35/h1-29H. The number of hydrogen-bond acceptors (Lipinski definition) is 6. The average Bonchev–Trinajstić information content (AvgIpc) is 3.69. The molecule has 6 nitrogen and oxygen atoms in total. The molecule has 0 aliphatic carbocycles. The van der Waals surface area contributed by atoms with Gasteiger partial charge in [0.2, 0.25) is 11.8 Å². The molecule has 6 heteroatoms. The Kier molecular flexibility index (Phi) is 7.37. The van der Waals surface area contributed by atoms with E-state index in [2.05, 4.69) is 112 Å². The number of para-hydroxylation sites is 3. The average molecular weight is 644 g/mol. The quantitative estimate of drug-likeness (QED) is 0.172. The van der Waals surface area contributed by atoms with Crippen LogP contribution in [-0.4, -0.2) is 20.2 Å². The first-order valence-corrected chi connectivity index (χ1v) is 16.5. The summed E-state index contributed by atoms with van der Waals surface area (Å²) in [4.78, 5) is 12.4. The Hall–Kier alpha value is -6.92. The van der Waals surface area contributed by atoms with E-state index in [9.17, 15) is 0 Å². The van der Waals surface area contributed by atoms with Crippen molar-refractivity contribution < 1.29 is 4.42 Å². The summed E-state index contributed by atoms with van der Waals surface area (Å²) in [6.07, 6.45) is 0. The van der Waals surface area contributed by atoms with Crippen LogP contribution in [0.5, 0.6) is 0 Å². The van der Waals surface area contributed by atoms with Crippen molar-refractivity contribution in [1.29, 1.82) is 0 Å². The van der Waals surface area contributed by atoms with Gasteiger partial charge in [-0.15, -0.1) is 10.2 Å². The predicted octanol–water partition coefficient (Wildman–Crippen LogP) is 11.3. The maximum absolute atomic E-state index is 6.15. The monoisotopic (exact) mass is 643 g/mol. The molecule has 0 aliphatic rings. The zero-order valence-electron chi connectivity index (χ0n) is 26.9. The van der Waals surface area contributed by atoms with E-state index < -0.39 is 0 Å². The van der Waals surface area contributed by atoms with Gasteiger partial charge in [0.15, 0.2) is 0 Å². The molecule has 0 N–H and O–H groups in total. The van der Waals surface area contributed by atoms with Crippen LogP contribution in [0.1, 0.15) is 0 Å². The van der Waals surface area contributed by atoms with Crippen molar-refractivity contribution in [1.82, 2.24) is 20.2 Å². The Bertz CT molecular complexity index is 2580. The Morgan fingerprint density at radius 1 is 0.360 bits per heavy atom. The van der Waals surface area contributed by atoms with Gasteiger partial charge in [0.1, 0.15) is 0 Å². The van der Waals surface area contributed by atoms with Gasteiger partial charge in [-0.25, -0.2) is 9.97 Å². The summed E-state index contributed by atoms with van der Waals surface area (Å²) in [7, 11) is 0. The molecule has 0 aliphatic heterocycles. The highest BCUT2D eigenvalue weighted by molar-refractivity contribution is 5.88. The highest BCUT2D eigenvalue weighted by atomic mass is 16.4. The largest absolute Gasteiger partial charge is 0.416 e. The van der Waals surface area contributed by atoms with Gasteiger partial charge in [-0.3, -0.25) is 0 Å². The van der Waals surface area contributed by atoms with E-state index in [1.165, 1.54) is 5.39 Å². The lowest BCUT2D eigenvalue weighted by atomic mass is 10.0. The molecule has 7 aromatic carbocycles. The lowest BCUT2D eigenvalue weighted by molar-refractivity contribution is 0.584. The molecule has 50 heavy (non-hydrogen) atoms. The Balaban J connectivity index is 1.05. The molecule has 0 saturated carbocycles. The van der Waals surface area contributed by atoms with Crippen molar-refractivity contribution in [2.45, 2.75) is 0 Å². The van der Waals surface area contributed by atoms with Crippen molar-refractivity contribution in [3.63, 3.8) is 0 Å². The van der Waals surface area contributed by atoms with Crippen LogP contribution in [-0.2, 0) is 0 Å². The molecule has 0 amide bonds. The van der Waals surface area contributed by atoms with E-state index in [1.807, 2.05) is 78.9 Å². The minimum absolute atomic E-state index is 0.473. The molecule has 0 bridgehead atoms. The lowest BCUT2D eigenvalue weighted by Gasteiger charge is -2.25. The molecular formula is C44H29N5O. The van der Waals surface area contributed by atoms with E-state index in [0.717, 1.165) is 67.1 Å². The fourth-order valence-electron chi connectivity index (χ4n) is 6.32. The third-order valence-electron chi connectivity index (χ3n) is 8.82. The molecule has 9 aromatic rings. The van der Waals surface area contributed by atoms with Gasteiger partial charge in [0, 0.05) is 39.3 Å². The lowest BCUT2D eigenvalue weighted by Crippen LogP contribution is -2.09. The molecular weight excluding hydrogens is 615 g/mol. The highest BCUT2D eigenvalue weighted by Gasteiger charge is 2.17. The first kappa shape index (κ1) is 29.2. The van der Waals surface area contributed by atoms with Crippen molar-refractivity contribution in [3.8, 4) is 45.4 Å². The van der Waals surface area contributed by atoms with Gasteiger partial charge in [0.25, 0.3) is 0 Å². The van der Waals surface area contributed by atoms with Gasteiger partial charge in [0.05, 0.1) is 22.4 Å². The second-order valence-corrected chi connectivity index (χ2v) is 12.0. The number of hydrogen-bond donors (Lipinski definition) is 0. The number of anilines is 3. The molecule has 9 rings (SSSR count). The fourth-order valence-corrected chi connectivity index (χ4v) is 6.32. The number of nitrogens with zero attached hydrogens (tertiary/aromatic N) is 5. The summed E-state index contributed by atoms with van der Waals surface area (Å²) >= 11 is 0. The van der Waals surface area contributed by atoms with Gasteiger partial charge < -0.3 is 9.32 Å². The fraction of sp³-hybridized carbons (Fsp3) is 0. The van der Waals surface area contributed by atoms with E-state index in [-0.39, 0.29) is 0 Å². The molecule has 0 atom stereocenters. The van der Waals surface area contributed by atoms with E-state index >= 15 is 0 Å². The zero-order valence-corrected chi connectivity index (χ0v) is 26.9. The maximum atomic E-state index is 6.15. The summed E-state index contributed by atoms with van der Waals surface area (Å²) in [6, 6.07) is 59.7. The number of fused-ring (bicyclic) bond motifs is 2. The van der Waals surface area contributed by atoms with Crippen LogP contribution in [0.2, 0.25) is 0 Å². The Morgan fingerprint density at radius 3 is 1.46 bits per heavy atom. The van der Waals surface area contributed by atoms with Crippen molar-refractivity contribution in [3.05, 3.63) is 176 Å². The van der Waals surface area contributed by atoms with Crippen molar-refractivity contribution in [2.75, 3.05) is 4.90 Å². The Morgan fingerprint density at radius 2 is 0.820 bits per heavy atom. The summed E-state index contributed by atoms with van der Waals surface area (Å²) < 4.78 is 6.15. The normalized spacial score (nSPS) is 11.2. The van der Waals surface area contributed by atoms with Crippen molar-refractivity contribution in [2.24, 2.45) is 0 Å². The van der Waals surface area contributed by atoms with Crippen molar-refractivity contribution >= 4 is 38.9 Å². The SMILES string of the molecule is c1ccc(-c2nc3ccccc3nc2-c2ccc(N(c3ccccc3)c3ccc(-c4nnc(-c5ccc6ccccc6c5)o4)cc3)cc2)cc1. The molecule has 0 fully saturated rings. The molecule has 2 aromatic heterocycles. The predicted molar refractivity (Wildman–Crippen MR) is 201 cm³/mol. The third kappa shape index (κ3) is 5.55. The second-order valence-electron chi connectivity index (χ2n) is 12.0. The number of benzene rings is 7. The van der Waals surface area contributed by atoms with Crippen LogP contribution >= 0.6 is 0 Å². The van der Waals surface area contributed by atoms with Gasteiger partial charge in [-0.05, 0) is 83.6 Å². The number of rotatable bonds is 7. The highest BCUT2D eigenvalue weighted by Crippen LogP contribution is 2.38. The molecule has 0 unspecified atom stereocenters. The zero-order chi connectivity index (χ0) is 33.3. The smallest absolute Gasteiger partial charge is 0.248 e. The first-order chi connectivity index (χ1) is 24.8. The second kappa shape index (κ2) is 12.6. The van der Waals surface area contributed by atoms with Gasteiger partial charge >= 0.3 is 0 Å². The van der Waals surface area contributed by atoms with Crippen LogP contribution in [0.15, 0.2) is 180 Å². The first-order valence-electron chi connectivity index (χ1n) is 16.5. The van der Waals surface area contributed by atoms with Crippen LogP contribution in [0, 0.1) is 0 Å². The topological polar surface area (TPSA) is 67.9 Å². The summed E-state index contributed by atoms with van der Waals surface area (Å²) in [6.45, 7) is 0. The number of aromatic nitrogens is 4. The van der Waals surface area contributed by atoms with Crippen LogP contribution in [0.4, 0.5) is 17.1 Å². The summed E-state index contributed by atoms with van der Waals surface area (Å²) in [5, 5.41) is 11.0. The van der Waals surface area contributed by atoms with Gasteiger partial charge in [-0.2, -0.15) is 0 Å². The minimum atomic E-state index is 0.473. The molecule has 0 radical (unpaired) electrons. The third-order valence-corrected chi connectivity index (χ3v) is 8.82. The van der Waals surface area contributed by atoms with E-state index in [1.54, 1.807) is 0 Å². The van der Waals surface area contributed by atoms with Crippen LogP contribution < -0.4 is 4.90 Å². The summed E-state index contributed by atoms with van der Waals surface area (Å²) in [5.74, 6) is 0.966. The van der Waals surface area contributed by atoms with E-state index in [4.69, 9.17) is 14.4 Å². The van der Waals surface area contributed by atoms with Crippen LogP contribution in [0.25, 0.3) is 67.2 Å². The summed E-state index contributed by atoms with van der Waals surface area (Å²) in [5.41, 5.74) is 10.3. The molecule has 236 valence electrons. The van der Waals surface area contributed by atoms with E-state index in [0.29, 0.717) is 11.8 Å². The van der Waals surface area contributed by atoms with Gasteiger partial charge in [-0.1, -0.05) is 103 Å². The van der Waals surface area contributed by atoms with Crippen LogP contribution in [0.3, 0.4) is 0 Å². The maximum Gasteiger partial charge on any atom is 0.248 e. The molecule has 0 spiro atoms. The molecule has 2 heterocycles. The minimum Gasteiger partial charge on any atom is -0.416 e.